The van der Waals surface area contributed by atoms with Gasteiger partial charge in [0.2, 0.25) is 5.78 Å². The van der Waals surface area contributed by atoms with Crippen LogP contribution < -0.4 is 10.0 Å². The highest BCUT2D eigenvalue weighted by Gasteiger charge is 2.46. The second kappa shape index (κ2) is 10.8. The number of aliphatic hydroxyl groups excluding tert-OH is 1. The number of carbonyl (C=O) groups is 1. The van der Waals surface area contributed by atoms with Crippen molar-refractivity contribution in [1.82, 2.24) is 24.5 Å². The van der Waals surface area contributed by atoms with Crippen LogP contribution in [0.15, 0.2) is 42.9 Å². The number of hydrogen-bond acceptors (Lipinski definition) is 9. The first-order chi connectivity index (χ1) is 17.1. The molecular weight excluding hydrogens is 606 g/mol. The smallest absolute Gasteiger partial charge is 0.335 e. The van der Waals surface area contributed by atoms with Gasteiger partial charge in [0, 0.05) is 28.9 Å². The molecule has 3 N–H and O–H groups in total. The molecule has 0 unspecified atom stereocenters. The highest BCUT2D eigenvalue weighted by molar-refractivity contribution is 14.1. The molecule has 0 aliphatic heterocycles. The maximum atomic E-state index is 14.8. The molecule has 4 rings (SSSR count). The molecule has 36 heavy (non-hydrogen) atoms. The Hall–Kier alpha value is -2.53. The summed E-state index contributed by atoms with van der Waals surface area (Å²) in [5.41, 5.74) is 2.03. The number of nitrogens with one attached hydrogen (secondary N) is 2. The summed E-state index contributed by atoms with van der Waals surface area (Å²) in [5.74, 6) is -0.432. The van der Waals surface area contributed by atoms with Gasteiger partial charge in [-0.3, -0.25) is 13.7 Å². The van der Waals surface area contributed by atoms with E-state index in [9.17, 15) is 22.7 Å². The van der Waals surface area contributed by atoms with Crippen molar-refractivity contribution < 1.29 is 26.9 Å². The molecule has 14 heteroatoms. The summed E-state index contributed by atoms with van der Waals surface area (Å²) in [6.07, 6.45) is -2.55. The lowest BCUT2D eigenvalue weighted by atomic mass is 10.1. The van der Waals surface area contributed by atoms with E-state index in [1.165, 1.54) is 12.5 Å². The SMILES string of the molecule is CNS(=O)(=O)O[C@@H]1C[C@@H](Nc2ncncc2C(=O)c2cc(C)n(Cc3cccc(I)c3)n2)[C@@H](F)[C@@H]1O. The van der Waals surface area contributed by atoms with Gasteiger partial charge in [-0.05, 0) is 53.3 Å². The third-order valence-electron chi connectivity index (χ3n) is 5.79. The molecule has 0 bridgehead atoms. The number of benzene rings is 1. The Balaban J connectivity index is 1.53. The van der Waals surface area contributed by atoms with Crippen LogP contribution in [-0.4, -0.2) is 70.5 Å². The predicted octanol–water partition coefficient (Wildman–Crippen LogP) is 1.60. The van der Waals surface area contributed by atoms with Crippen molar-refractivity contribution in [2.24, 2.45) is 0 Å². The van der Waals surface area contributed by atoms with Crippen LogP contribution in [0, 0.1) is 10.5 Å². The van der Waals surface area contributed by atoms with Crippen molar-refractivity contribution in [3.05, 3.63) is 68.9 Å². The monoisotopic (exact) mass is 630 g/mol. The van der Waals surface area contributed by atoms with Gasteiger partial charge in [0.25, 0.3) is 0 Å². The van der Waals surface area contributed by atoms with Gasteiger partial charge in [-0.1, -0.05) is 12.1 Å². The van der Waals surface area contributed by atoms with E-state index < -0.39 is 40.5 Å². The standard InChI is InChI=1S/C22H24FIN6O5S/c1-12-6-17(29-30(12)10-13-4-3-5-14(24)7-13)20(31)15-9-26-11-27-22(15)28-16-8-18(21(32)19(16)23)35-36(33,34)25-2/h3-7,9,11,16,18-19,21,25,32H,8,10H2,1-2H3,(H,26,27,28)/t16-,18-,19-,21-/m1/s1. The largest absolute Gasteiger partial charge is 0.387 e. The molecule has 2 heterocycles. The van der Waals surface area contributed by atoms with Gasteiger partial charge in [0.05, 0.1) is 18.2 Å². The fourth-order valence-electron chi connectivity index (χ4n) is 3.92. The van der Waals surface area contributed by atoms with E-state index in [1.807, 2.05) is 35.9 Å². The number of carbonyl (C=O) groups excluding carboxylic acids is 1. The number of aliphatic hydroxyl groups is 1. The predicted molar refractivity (Wildman–Crippen MR) is 136 cm³/mol. The zero-order valence-corrected chi connectivity index (χ0v) is 22.3. The molecule has 3 aromatic rings. The minimum absolute atomic E-state index is 0.0387. The molecule has 0 radical (unpaired) electrons. The first-order valence-electron chi connectivity index (χ1n) is 10.9. The van der Waals surface area contributed by atoms with Gasteiger partial charge in [0.15, 0.2) is 0 Å². The molecule has 1 saturated carbocycles. The molecule has 1 aliphatic carbocycles. The number of hydrogen-bond donors (Lipinski definition) is 3. The van der Waals surface area contributed by atoms with Crippen molar-refractivity contribution in [3.8, 4) is 0 Å². The molecular formula is C22H24FIN6O5S. The molecule has 1 aliphatic rings. The number of rotatable bonds is 9. The molecule has 4 atom stereocenters. The molecule has 0 saturated heterocycles. The Labute approximate surface area is 220 Å². The number of ketones is 1. The summed E-state index contributed by atoms with van der Waals surface area (Å²) >= 11 is 2.23. The van der Waals surface area contributed by atoms with Crippen molar-refractivity contribution in [3.63, 3.8) is 0 Å². The lowest BCUT2D eigenvalue weighted by molar-refractivity contribution is 0.0248. The van der Waals surface area contributed by atoms with E-state index in [4.69, 9.17) is 4.18 Å². The van der Waals surface area contributed by atoms with Crippen LogP contribution in [0.5, 0.6) is 0 Å². The Morgan fingerprint density at radius 3 is 2.86 bits per heavy atom. The van der Waals surface area contributed by atoms with Crippen molar-refractivity contribution in [1.29, 1.82) is 0 Å². The van der Waals surface area contributed by atoms with Gasteiger partial charge < -0.3 is 10.4 Å². The first kappa shape index (κ1) is 26.5. The summed E-state index contributed by atoms with van der Waals surface area (Å²) in [6, 6.07) is 8.52. The maximum Gasteiger partial charge on any atom is 0.335 e. The lowest BCUT2D eigenvalue weighted by Gasteiger charge is -2.17. The Morgan fingerprint density at radius 1 is 1.36 bits per heavy atom. The Bertz CT molecular complexity index is 1370. The van der Waals surface area contributed by atoms with Gasteiger partial charge in [-0.2, -0.15) is 18.2 Å². The van der Waals surface area contributed by atoms with E-state index in [0.717, 1.165) is 21.9 Å². The van der Waals surface area contributed by atoms with E-state index in [-0.39, 0.29) is 23.5 Å². The number of alkyl halides is 1. The van der Waals surface area contributed by atoms with Crippen LogP contribution in [0.3, 0.4) is 0 Å². The third kappa shape index (κ3) is 5.88. The lowest BCUT2D eigenvalue weighted by Crippen LogP contribution is -2.35. The molecule has 0 amide bonds. The van der Waals surface area contributed by atoms with Crippen molar-refractivity contribution in [2.45, 2.75) is 44.3 Å². The average Bonchev–Trinajstić information content (AvgIpc) is 3.33. The zero-order valence-electron chi connectivity index (χ0n) is 19.3. The number of aromatic nitrogens is 4. The summed E-state index contributed by atoms with van der Waals surface area (Å²) < 4.78 is 47.7. The molecule has 192 valence electrons. The summed E-state index contributed by atoms with van der Waals surface area (Å²) in [4.78, 5) is 21.3. The van der Waals surface area contributed by atoms with E-state index >= 15 is 0 Å². The number of anilines is 1. The second-order valence-corrected chi connectivity index (χ2v) is 11.0. The van der Waals surface area contributed by atoms with Crippen LogP contribution in [0.4, 0.5) is 10.2 Å². The minimum atomic E-state index is -4.14. The third-order valence-corrected chi connectivity index (χ3v) is 7.46. The van der Waals surface area contributed by atoms with E-state index in [2.05, 4.69) is 43.0 Å². The summed E-state index contributed by atoms with van der Waals surface area (Å²) in [5, 5.41) is 17.4. The van der Waals surface area contributed by atoms with Crippen LogP contribution in [-0.2, 0) is 21.0 Å². The van der Waals surface area contributed by atoms with Crippen LogP contribution >= 0.6 is 22.6 Å². The molecule has 2 aromatic heterocycles. The van der Waals surface area contributed by atoms with Gasteiger partial charge in [0.1, 0.15) is 36.2 Å². The molecule has 11 nitrogen and oxygen atoms in total. The van der Waals surface area contributed by atoms with Gasteiger partial charge in [-0.15, -0.1) is 0 Å². The zero-order chi connectivity index (χ0) is 26.0. The van der Waals surface area contributed by atoms with E-state index in [0.29, 0.717) is 6.54 Å². The number of aryl methyl sites for hydroxylation is 1. The quantitative estimate of drug-likeness (QED) is 0.237. The maximum absolute atomic E-state index is 14.8. The van der Waals surface area contributed by atoms with Crippen molar-refractivity contribution in [2.75, 3.05) is 12.4 Å². The molecule has 1 aromatic carbocycles. The number of nitrogens with zero attached hydrogens (tertiary/aromatic N) is 4. The number of halogens is 2. The van der Waals surface area contributed by atoms with Crippen LogP contribution in [0.1, 0.15) is 33.7 Å². The first-order valence-corrected chi connectivity index (χ1v) is 13.4. The average molecular weight is 630 g/mol. The molecule has 1 fully saturated rings. The second-order valence-electron chi connectivity index (χ2n) is 8.29. The highest BCUT2D eigenvalue weighted by atomic mass is 127. The summed E-state index contributed by atoms with van der Waals surface area (Å²) in [7, 11) is -2.99. The Morgan fingerprint density at radius 2 is 2.14 bits per heavy atom. The normalized spacial score (nSPS) is 22.0. The van der Waals surface area contributed by atoms with Crippen LogP contribution in [0.25, 0.3) is 0 Å². The van der Waals surface area contributed by atoms with Gasteiger partial charge >= 0.3 is 10.3 Å². The fraction of sp³-hybridized carbons (Fsp3) is 0.364. The Kier molecular flexibility index (Phi) is 7.99. The fourth-order valence-corrected chi connectivity index (χ4v) is 5.14. The molecule has 0 spiro atoms. The minimum Gasteiger partial charge on any atom is -0.387 e. The topological polar surface area (TPSA) is 148 Å². The summed E-state index contributed by atoms with van der Waals surface area (Å²) in [6.45, 7) is 2.32. The van der Waals surface area contributed by atoms with Gasteiger partial charge in [-0.25, -0.2) is 14.4 Å². The highest BCUT2D eigenvalue weighted by Crippen LogP contribution is 2.30. The van der Waals surface area contributed by atoms with Crippen LogP contribution in [0.2, 0.25) is 0 Å². The van der Waals surface area contributed by atoms with Crippen molar-refractivity contribution >= 4 is 44.5 Å². The van der Waals surface area contributed by atoms with E-state index in [1.54, 1.807) is 10.7 Å².